The molecule has 0 N–H and O–H groups in total. The van der Waals surface area contributed by atoms with Crippen LogP contribution in [0.1, 0.15) is 30.1 Å². The average Bonchev–Trinajstić information content (AvgIpc) is 2.91. The van der Waals surface area contributed by atoms with Crippen molar-refractivity contribution >= 4 is 11.6 Å². The van der Waals surface area contributed by atoms with Gasteiger partial charge in [-0.25, -0.2) is 4.98 Å². The lowest BCUT2D eigenvalue weighted by molar-refractivity contribution is 0.200. The van der Waals surface area contributed by atoms with Gasteiger partial charge in [0.2, 0.25) is 0 Å². The summed E-state index contributed by atoms with van der Waals surface area (Å²) in [5.41, 5.74) is 1.42. The van der Waals surface area contributed by atoms with Crippen molar-refractivity contribution in [3.05, 3.63) is 53.1 Å². The summed E-state index contributed by atoms with van der Waals surface area (Å²) in [5.74, 6) is 1.74. The fraction of sp³-hybridized carbons (Fsp3) is 0.471. The third-order valence-corrected chi connectivity index (χ3v) is 4.68. The molecule has 0 spiro atoms. The van der Waals surface area contributed by atoms with Crippen LogP contribution in [0.15, 0.2) is 36.7 Å². The number of hydrogen-bond donors (Lipinski definition) is 0. The molecule has 1 aromatic carbocycles. The van der Waals surface area contributed by atoms with Crippen molar-refractivity contribution in [1.29, 1.82) is 0 Å². The van der Waals surface area contributed by atoms with Crippen LogP contribution >= 0.6 is 11.6 Å². The number of halogens is 1. The number of imidazole rings is 1. The number of likely N-dealkylation sites (tertiary alicyclic amines) is 1. The lowest BCUT2D eigenvalue weighted by atomic mass is 9.91. The Morgan fingerprint density at radius 1 is 1.24 bits per heavy atom. The zero-order chi connectivity index (χ0) is 14.7. The van der Waals surface area contributed by atoms with Crippen LogP contribution < -0.4 is 0 Å². The molecule has 0 bridgehead atoms. The molecular weight excluding hydrogens is 282 g/mol. The van der Waals surface area contributed by atoms with Gasteiger partial charge in [0.05, 0.1) is 0 Å². The van der Waals surface area contributed by atoms with Crippen molar-refractivity contribution in [1.82, 2.24) is 14.5 Å². The highest BCUT2D eigenvalue weighted by atomic mass is 35.5. The molecule has 0 aliphatic carbocycles. The largest absolute Gasteiger partial charge is 0.334 e. The Balaban J connectivity index is 1.58. The second kappa shape index (κ2) is 6.63. The molecule has 3 nitrogen and oxygen atoms in total. The molecule has 0 amide bonds. The minimum absolute atomic E-state index is 0.639. The van der Waals surface area contributed by atoms with Crippen LogP contribution in [0, 0.1) is 6.92 Å². The number of aryl methyl sites for hydroxylation is 1. The Kier molecular flexibility index (Phi) is 4.61. The SMILES string of the molecule is Cc1nccn1CCN1CCC[C@@H](c2ccc(Cl)cc2)C1. The summed E-state index contributed by atoms with van der Waals surface area (Å²) in [6, 6.07) is 8.36. The van der Waals surface area contributed by atoms with Crippen LogP contribution in [0.2, 0.25) is 5.02 Å². The summed E-state index contributed by atoms with van der Waals surface area (Å²) in [4.78, 5) is 6.85. The number of aromatic nitrogens is 2. The topological polar surface area (TPSA) is 21.1 Å². The van der Waals surface area contributed by atoms with Crippen LogP contribution in [0.3, 0.4) is 0 Å². The normalized spacial score (nSPS) is 19.8. The fourth-order valence-corrected chi connectivity index (χ4v) is 3.28. The van der Waals surface area contributed by atoms with Crippen molar-refractivity contribution in [3.63, 3.8) is 0 Å². The fourth-order valence-electron chi connectivity index (χ4n) is 3.15. The monoisotopic (exact) mass is 303 g/mol. The Bertz CT molecular complexity index is 576. The van der Waals surface area contributed by atoms with E-state index in [1.807, 2.05) is 18.3 Å². The van der Waals surface area contributed by atoms with E-state index < -0.39 is 0 Å². The van der Waals surface area contributed by atoms with Gasteiger partial charge in [0.15, 0.2) is 0 Å². The maximum Gasteiger partial charge on any atom is 0.105 e. The molecule has 1 aliphatic rings. The summed E-state index contributed by atoms with van der Waals surface area (Å²) in [6.07, 6.45) is 6.50. The highest BCUT2D eigenvalue weighted by Crippen LogP contribution is 2.27. The first-order valence-electron chi connectivity index (χ1n) is 7.68. The quantitative estimate of drug-likeness (QED) is 0.858. The molecule has 0 saturated carbocycles. The molecule has 3 rings (SSSR count). The minimum atomic E-state index is 0.639. The molecule has 21 heavy (non-hydrogen) atoms. The van der Waals surface area contributed by atoms with E-state index in [1.165, 1.54) is 24.9 Å². The molecule has 1 atom stereocenters. The lowest BCUT2D eigenvalue weighted by Crippen LogP contribution is -2.36. The molecule has 2 heterocycles. The summed E-state index contributed by atoms with van der Waals surface area (Å²) in [6.45, 7) is 6.54. The Morgan fingerprint density at radius 2 is 2.05 bits per heavy atom. The first-order chi connectivity index (χ1) is 10.2. The third-order valence-electron chi connectivity index (χ3n) is 4.43. The molecule has 0 unspecified atom stereocenters. The number of piperidine rings is 1. The molecule has 1 saturated heterocycles. The molecular formula is C17H22ClN3. The summed E-state index contributed by atoms with van der Waals surface area (Å²) in [7, 11) is 0. The van der Waals surface area contributed by atoms with Gasteiger partial charge >= 0.3 is 0 Å². The van der Waals surface area contributed by atoms with Crippen LogP contribution in [0.4, 0.5) is 0 Å². The van der Waals surface area contributed by atoms with Gasteiger partial charge in [-0.05, 0) is 49.9 Å². The second-order valence-electron chi connectivity index (χ2n) is 5.86. The van der Waals surface area contributed by atoms with Crippen LogP contribution in [0.5, 0.6) is 0 Å². The van der Waals surface area contributed by atoms with Crippen LogP contribution in [-0.2, 0) is 6.54 Å². The predicted molar refractivity (Wildman–Crippen MR) is 86.8 cm³/mol. The average molecular weight is 304 g/mol. The van der Waals surface area contributed by atoms with Gasteiger partial charge in [-0.2, -0.15) is 0 Å². The van der Waals surface area contributed by atoms with E-state index in [-0.39, 0.29) is 0 Å². The Hall–Kier alpha value is -1.32. The van der Waals surface area contributed by atoms with Crippen molar-refractivity contribution in [2.75, 3.05) is 19.6 Å². The molecule has 112 valence electrons. The molecule has 1 aromatic heterocycles. The number of benzene rings is 1. The van der Waals surface area contributed by atoms with Crippen molar-refractivity contribution in [2.24, 2.45) is 0 Å². The first-order valence-corrected chi connectivity index (χ1v) is 8.06. The minimum Gasteiger partial charge on any atom is -0.334 e. The molecule has 1 aliphatic heterocycles. The molecule has 1 fully saturated rings. The zero-order valence-corrected chi connectivity index (χ0v) is 13.3. The number of rotatable bonds is 4. The van der Waals surface area contributed by atoms with E-state index in [0.717, 1.165) is 30.5 Å². The van der Waals surface area contributed by atoms with E-state index in [0.29, 0.717) is 5.92 Å². The van der Waals surface area contributed by atoms with E-state index in [9.17, 15) is 0 Å². The molecule has 0 radical (unpaired) electrons. The van der Waals surface area contributed by atoms with Gasteiger partial charge in [0, 0.05) is 37.1 Å². The zero-order valence-electron chi connectivity index (χ0n) is 12.5. The van der Waals surface area contributed by atoms with Crippen molar-refractivity contribution in [3.8, 4) is 0 Å². The predicted octanol–water partition coefficient (Wildman–Crippen LogP) is 3.72. The summed E-state index contributed by atoms with van der Waals surface area (Å²) >= 11 is 5.98. The molecule has 2 aromatic rings. The molecule has 4 heteroatoms. The highest BCUT2D eigenvalue weighted by molar-refractivity contribution is 6.30. The third kappa shape index (κ3) is 3.66. The van der Waals surface area contributed by atoms with Gasteiger partial charge in [0.25, 0.3) is 0 Å². The van der Waals surface area contributed by atoms with E-state index >= 15 is 0 Å². The van der Waals surface area contributed by atoms with Gasteiger partial charge in [-0.3, -0.25) is 0 Å². The standard InChI is InChI=1S/C17H22ClN3/c1-14-19-8-10-21(14)12-11-20-9-2-3-16(13-20)15-4-6-17(18)7-5-15/h4-8,10,16H,2-3,9,11-13H2,1H3/t16-/m1/s1. The lowest BCUT2D eigenvalue weighted by Gasteiger charge is -2.33. The van der Waals surface area contributed by atoms with Crippen LogP contribution in [-0.4, -0.2) is 34.1 Å². The van der Waals surface area contributed by atoms with Gasteiger partial charge < -0.3 is 9.47 Å². The van der Waals surface area contributed by atoms with Crippen molar-refractivity contribution < 1.29 is 0 Å². The number of hydrogen-bond acceptors (Lipinski definition) is 2. The summed E-state index contributed by atoms with van der Waals surface area (Å²) in [5, 5.41) is 0.821. The van der Waals surface area contributed by atoms with Crippen molar-refractivity contribution in [2.45, 2.75) is 32.2 Å². The summed E-state index contributed by atoms with van der Waals surface area (Å²) < 4.78 is 2.23. The van der Waals surface area contributed by atoms with Gasteiger partial charge in [0.1, 0.15) is 5.82 Å². The Morgan fingerprint density at radius 3 is 2.76 bits per heavy atom. The Labute approximate surface area is 131 Å². The number of nitrogens with zero attached hydrogens (tertiary/aromatic N) is 3. The van der Waals surface area contributed by atoms with Gasteiger partial charge in [-0.15, -0.1) is 0 Å². The van der Waals surface area contributed by atoms with E-state index in [1.54, 1.807) is 0 Å². The van der Waals surface area contributed by atoms with Gasteiger partial charge in [-0.1, -0.05) is 23.7 Å². The first kappa shape index (κ1) is 14.6. The highest BCUT2D eigenvalue weighted by Gasteiger charge is 2.21. The smallest absolute Gasteiger partial charge is 0.105 e. The maximum absolute atomic E-state index is 5.98. The van der Waals surface area contributed by atoms with Crippen LogP contribution in [0.25, 0.3) is 0 Å². The van der Waals surface area contributed by atoms with E-state index in [2.05, 4.69) is 39.7 Å². The van der Waals surface area contributed by atoms with E-state index in [4.69, 9.17) is 11.6 Å². The second-order valence-corrected chi connectivity index (χ2v) is 6.30. The maximum atomic E-state index is 5.98.